The van der Waals surface area contributed by atoms with E-state index >= 15 is 0 Å². The molecule has 3 aromatic heterocycles. The standard InChI is InChI=1S/C15H17N5OS/c1-3-10-7-11-13(16-8-17-15(11)22-10)20-6-4-5-12(20)14-18-9(2)19-21-14/h7-8,12H,3-6H2,1-2H3. The first-order valence-corrected chi connectivity index (χ1v) is 8.38. The van der Waals surface area contributed by atoms with Crippen molar-refractivity contribution in [2.45, 2.75) is 39.2 Å². The number of hydrogen-bond acceptors (Lipinski definition) is 7. The third-order valence-electron chi connectivity index (χ3n) is 4.06. The van der Waals surface area contributed by atoms with Gasteiger partial charge in [-0.25, -0.2) is 9.97 Å². The molecule has 6 nitrogen and oxygen atoms in total. The predicted molar refractivity (Wildman–Crippen MR) is 85.1 cm³/mol. The maximum atomic E-state index is 5.39. The summed E-state index contributed by atoms with van der Waals surface area (Å²) in [6.45, 7) is 4.97. The van der Waals surface area contributed by atoms with Crippen LogP contribution in [-0.4, -0.2) is 26.7 Å². The number of nitrogens with zero attached hydrogens (tertiary/aromatic N) is 5. The van der Waals surface area contributed by atoms with E-state index in [1.54, 1.807) is 17.7 Å². The molecular formula is C15H17N5OS. The van der Waals surface area contributed by atoms with Crippen molar-refractivity contribution in [2.24, 2.45) is 0 Å². The van der Waals surface area contributed by atoms with Crippen molar-refractivity contribution < 1.29 is 4.52 Å². The number of fused-ring (bicyclic) bond motifs is 1. The molecule has 22 heavy (non-hydrogen) atoms. The molecule has 1 aliphatic rings. The van der Waals surface area contributed by atoms with Gasteiger partial charge in [0.15, 0.2) is 5.82 Å². The van der Waals surface area contributed by atoms with Crippen LogP contribution in [-0.2, 0) is 6.42 Å². The zero-order valence-electron chi connectivity index (χ0n) is 12.6. The fourth-order valence-electron chi connectivity index (χ4n) is 3.02. The van der Waals surface area contributed by atoms with E-state index in [9.17, 15) is 0 Å². The maximum absolute atomic E-state index is 5.39. The van der Waals surface area contributed by atoms with Crippen molar-refractivity contribution >= 4 is 27.4 Å². The van der Waals surface area contributed by atoms with E-state index in [0.717, 1.165) is 41.8 Å². The molecule has 3 aromatic rings. The van der Waals surface area contributed by atoms with Crippen molar-refractivity contribution in [1.29, 1.82) is 0 Å². The van der Waals surface area contributed by atoms with E-state index in [1.807, 2.05) is 6.92 Å². The Morgan fingerprint density at radius 3 is 3.09 bits per heavy atom. The normalized spacial score (nSPS) is 18.5. The molecule has 1 saturated heterocycles. The van der Waals surface area contributed by atoms with E-state index in [1.165, 1.54) is 4.88 Å². The molecule has 1 aliphatic heterocycles. The van der Waals surface area contributed by atoms with Crippen LogP contribution >= 0.6 is 11.3 Å². The molecule has 0 N–H and O–H groups in total. The molecule has 0 spiro atoms. The third kappa shape index (κ3) is 2.16. The maximum Gasteiger partial charge on any atom is 0.249 e. The molecular weight excluding hydrogens is 298 g/mol. The van der Waals surface area contributed by atoms with Crippen LogP contribution < -0.4 is 4.90 Å². The van der Waals surface area contributed by atoms with Crippen molar-refractivity contribution in [2.75, 3.05) is 11.4 Å². The van der Waals surface area contributed by atoms with Gasteiger partial charge in [-0.05, 0) is 32.3 Å². The molecule has 4 heterocycles. The number of hydrogen-bond donors (Lipinski definition) is 0. The third-order valence-corrected chi connectivity index (χ3v) is 5.25. The summed E-state index contributed by atoms with van der Waals surface area (Å²) in [6.07, 6.45) is 4.79. The smallest absolute Gasteiger partial charge is 0.249 e. The fourth-order valence-corrected chi connectivity index (χ4v) is 3.95. The predicted octanol–water partition coefficient (Wildman–Crippen LogP) is 3.29. The second-order valence-electron chi connectivity index (χ2n) is 5.51. The second-order valence-corrected chi connectivity index (χ2v) is 6.63. The Bertz CT molecular complexity index is 811. The van der Waals surface area contributed by atoms with Crippen molar-refractivity contribution in [3.05, 3.63) is 29.0 Å². The molecule has 0 amide bonds. The SMILES string of the molecule is CCc1cc2c(N3CCCC3c3nc(C)no3)ncnc2s1. The van der Waals surface area contributed by atoms with Crippen LogP contribution in [0.3, 0.4) is 0 Å². The largest absolute Gasteiger partial charge is 0.344 e. The van der Waals surface area contributed by atoms with Crippen LogP contribution in [0.15, 0.2) is 16.9 Å². The highest BCUT2D eigenvalue weighted by atomic mass is 32.1. The Labute approximate surface area is 132 Å². The molecule has 4 rings (SSSR count). The van der Waals surface area contributed by atoms with Crippen LogP contribution in [0, 0.1) is 6.92 Å². The van der Waals surface area contributed by atoms with E-state index < -0.39 is 0 Å². The van der Waals surface area contributed by atoms with Crippen molar-refractivity contribution in [3.8, 4) is 0 Å². The van der Waals surface area contributed by atoms with Gasteiger partial charge >= 0.3 is 0 Å². The van der Waals surface area contributed by atoms with Crippen LogP contribution in [0.1, 0.15) is 42.4 Å². The average Bonchev–Trinajstić information content (AvgIpc) is 3.24. The molecule has 7 heteroatoms. The van der Waals surface area contributed by atoms with Crippen LogP contribution in [0.2, 0.25) is 0 Å². The minimum absolute atomic E-state index is 0.115. The number of aryl methyl sites for hydroxylation is 2. The first-order chi connectivity index (χ1) is 10.8. The van der Waals surface area contributed by atoms with Gasteiger partial charge in [0, 0.05) is 11.4 Å². The van der Waals surface area contributed by atoms with Gasteiger partial charge in [0.05, 0.1) is 5.39 Å². The summed E-state index contributed by atoms with van der Waals surface area (Å²) in [5.74, 6) is 2.35. The molecule has 0 bridgehead atoms. The molecule has 0 aliphatic carbocycles. The Morgan fingerprint density at radius 1 is 1.41 bits per heavy atom. The summed E-state index contributed by atoms with van der Waals surface area (Å²) in [5, 5.41) is 5.06. The Hall–Kier alpha value is -2.02. The number of rotatable bonds is 3. The lowest BCUT2D eigenvalue weighted by atomic mass is 10.2. The highest BCUT2D eigenvalue weighted by Gasteiger charge is 2.32. The Kier molecular flexibility index (Phi) is 3.29. The van der Waals surface area contributed by atoms with E-state index in [-0.39, 0.29) is 6.04 Å². The van der Waals surface area contributed by atoms with Crippen LogP contribution in [0.5, 0.6) is 0 Å². The summed E-state index contributed by atoms with van der Waals surface area (Å²) in [4.78, 5) is 18.0. The van der Waals surface area contributed by atoms with Gasteiger partial charge < -0.3 is 9.42 Å². The van der Waals surface area contributed by atoms with Crippen molar-refractivity contribution in [3.63, 3.8) is 0 Å². The Morgan fingerprint density at radius 2 is 2.32 bits per heavy atom. The van der Waals surface area contributed by atoms with Gasteiger partial charge in [-0.3, -0.25) is 0 Å². The van der Waals surface area contributed by atoms with Crippen molar-refractivity contribution in [1.82, 2.24) is 20.1 Å². The molecule has 1 atom stereocenters. The van der Waals surface area contributed by atoms with Crippen LogP contribution in [0.25, 0.3) is 10.2 Å². The Balaban J connectivity index is 1.78. The summed E-state index contributed by atoms with van der Waals surface area (Å²) >= 11 is 1.74. The quantitative estimate of drug-likeness (QED) is 0.739. The van der Waals surface area contributed by atoms with E-state index in [0.29, 0.717) is 11.7 Å². The van der Waals surface area contributed by atoms with Gasteiger partial charge in [-0.15, -0.1) is 11.3 Å². The van der Waals surface area contributed by atoms with Crippen LogP contribution in [0.4, 0.5) is 5.82 Å². The molecule has 0 aromatic carbocycles. The first kappa shape index (κ1) is 13.6. The lowest BCUT2D eigenvalue weighted by Gasteiger charge is -2.23. The van der Waals surface area contributed by atoms with E-state index in [4.69, 9.17) is 4.52 Å². The molecule has 114 valence electrons. The zero-order chi connectivity index (χ0) is 15.1. The van der Waals surface area contributed by atoms with Gasteiger partial charge in [0.2, 0.25) is 5.89 Å². The summed E-state index contributed by atoms with van der Waals surface area (Å²) in [5.41, 5.74) is 0. The monoisotopic (exact) mass is 315 g/mol. The lowest BCUT2D eigenvalue weighted by molar-refractivity contribution is 0.352. The number of thiophene rings is 1. The average molecular weight is 315 g/mol. The summed E-state index contributed by atoms with van der Waals surface area (Å²) in [7, 11) is 0. The first-order valence-electron chi connectivity index (χ1n) is 7.56. The second kappa shape index (κ2) is 5.31. The molecule has 0 radical (unpaired) electrons. The molecule has 1 unspecified atom stereocenters. The molecule has 0 saturated carbocycles. The zero-order valence-corrected chi connectivity index (χ0v) is 13.4. The minimum atomic E-state index is 0.115. The van der Waals surface area contributed by atoms with Gasteiger partial charge in [-0.1, -0.05) is 12.1 Å². The number of aromatic nitrogens is 4. The summed E-state index contributed by atoms with van der Waals surface area (Å²) < 4.78 is 5.39. The summed E-state index contributed by atoms with van der Waals surface area (Å²) in [6, 6.07) is 2.33. The highest BCUT2D eigenvalue weighted by Crippen LogP contribution is 2.39. The minimum Gasteiger partial charge on any atom is -0.344 e. The van der Waals surface area contributed by atoms with E-state index in [2.05, 4.69) is 38.0 Å². The van der Waals surface area contributed by atoms with Gasteiger partial charge in [-0.2, -0.15) is 4.98 Å². The lowest BCUT2D eigenvalue weighted by Crippen LogP contribution is -2.24. The van der Waals surface area contributed by atoms with Gasteiger partial charge in [0.25, 0.3) is 0 Å². The highest BCUT2D eigenvalue weighted by molar-refractivity contribution is 7.18. The van der Waals surface area contributed by atoms with Gasteiger partial charge in [0.1, 0.15) is 23.0 Å². The fraction of sp³-hybridized carbons (Fsp3) is 0.467. The number of anilines is 1. The molecule has 1 fully saturated rings. The topological polar surface area (TPSA) is 67.9 Å².